The highest BCUT2D eigenvalue weighted by molar-refractivity contribution is 5.96. The van der Waals surface area contributed by atoms with E-state index in [9.17, 15) is 9.90 Å². The lowest BCUT2D eigenvalue weighted by Gasteiger charge is -2.33. The van der Waals surface area contributed by atoms with Gasteiger partial charge < -0.3 is 27.2 Å². The number of quaternary nitrogens is 1. The van der Waals surface area contributed by atoms with Crippen LogP contribution in [0.5, 0.6) is 5.75 Å². The molecular weight excluding hydrogens is 400 g/mol. The van der Waals surface area contributed by atoms with Gasteiger partial charge in [-0.1, -0.05) is 30.3 Å². The summed E-state index contributed by atoms with van der Waals surface area (Å²) in [4.78, 5) is 16.2. The summed E-state index contributed by atoms with van der Waals surface area (Å²) in [6, 6.07) is 15.6. The zero-order valence-corrected chi connectivity index (χ0v) is 18.7. The standard InChI is InChI=1S/C24H32N2O3.ClH/c1-19-8-9-21(16-20(19)2)24(28)10-11-25-12-14-26(15-13-25)17-22(27)18-29-23-6-4-3-5-7-23;/h3-9,16,22,27H,10-15,17-18H2,1-2H3;1H. The largest absolute Gasteiger partial charge is 1.00 e. The van der Waals surface area contributed by atoms with E-state index in [0.717, 1.165) is 44.0 Å². The number of ketones is 1. The first-order valence-electron chi connectivity index (χ1n) is 10.5. The topological polar surface area (TPSA) is 54.2 Å². The van der Waals surface area contributed by atoms with Crippen LogP contribution >= 0.6 is 0 Å². The molecule has 0 aromatic heterocycles. The Labute approximate surface area is 186 Å². The predicted octanol–water partition coefficient (Wildman–Crippen LogP) is -1.48. The van der Waals surface area contributed by atoms with Crippen LogP contribution in [0.4, 0.5) is 0 Å². The van der Waals surface area contributed by atoms with Gasteiger partial charge in [0.1, 0.15) is 18.5 Å². The Hall–Kier alpha value is -1.92. The lowest BCUT2D eigenvalue weighted by molar-refractivity contribution is -0.903. The highest BCUT2D eigenvalue weighted by atomic mass is 35.5. The molecule has 1 aliphatic heterocycles. The van der Waals surface area contributed by atoms with Crippen LogP contribution in [-0.2, 0) is 0 Å². The number of hydrogen-bond donors (Lipinski definition) is 2. The summed E-state index contributed by atoms with van der Waals surface area (Å²) in [6.07, 6.45) is 0.0915. The predicted molar refractivity (Wildman–Crippen MR) is 115 cm³/mol. The molecule has 3 rings (SSSR count). The second-order valence-electron chi connectivity index (χ2n) is 8.05. The van der Waals surface area contributed by atoms with Crippen molar-refractivity contribution in [3.8, 4) is 5.75 Å². The number of aliphatic hydroxyl groups excluding tert-OH is 1. The van der Waals surface area contributed by atoms with Crippen LogP contribution < -0.4 is 22.0 Å². The molecule has 1 fully saturated rings. The average molecular weight is 433 g/mol. The molecule has 2 aromatic carbocycles. The van der Waals surface area contributed by atoms with E-state index in [0.29, 0.717) is 19.6 Å². The number of nitrogens with zero attached hydrogens (tertiary/aromatic N) is 1. The van der Waals surface area contributed by atoms with Gasteiger partial charge in [0.2, 0.25) is 0 Å². The summed E-state index contributed by atoms with van der Waals surface area (Å²) in [6.45, 7) is 9.82. The normalized spacial score (nSPS) is 16.0. The van der Waals surface area contributed by atoms with Crippen molar-refractivity contribution in [2.45, 2.75) is 26.4 Å². The highest BCUT2D eigenvalue weighted by Gasteiger charge is 2.22. The van der Waals surface area contributed by atoms with Crippen LogP contribution in [0.2, 0.25) is 0 Å². The molecule has 1 saturated heterocycles. The molecule has 5 nitrogen and oxygen atoms in total. The number of aryl methyl sites for hydroxylation is 2. The van der Waals surface area contributed by atoms with Crippen molar-refractivity contribution in [1.29, 1.82) is 0 Å². The van der Waals surface area contributed by atoms with E-state index in [4.69, 9.17) is 4.74 Å². The van der Waals surface area contributed by atoms with Gasteiger partial charge in [0.05, 0.1) is 26.1 Å². The molecule has 0 radical (unpaired) electrons. The SMILES string of the molecule is Cc1ccc(C(=O)CC[NH+]2CCN(CC(O)COc3ccccc3)CC2)cc1C.[Cl-]. The molecule has 2 aromatic rings. The summed E-state index contributed by atoms with van der Waals surface area (Å²) in [7, 11) is 0. The van der Waals surface area contributed by atoms with Crippen molar-refractivity contribution >= 4 is 5.78 Å². The second-order valence-corrected chi connectivity index (χ2v) is 8.05. The summed E-state index contributed by atoms with van der Waals surface area (Å²) < 4.78 is 5.63. The molecule has 0 saturated carbocycles. The van der Waals surface area contributed by atoms with E-state index in [1.54, 1.807) is 0 Å². The van der Waals surface area contributed by atoms with Gasteiger partial charge in [0.15, 0.2) is 5.78 Å². The minimum absolute atomic E-state index is 0. The Morgan fingerprint density at radius 1 is 1.10 bits per heavy atom. The number of halogens is 1. The maximum absolute atomic E-state index is 12.5. The molecule has 30 heavy (non-hydrogen) atoms. The van der Waals surface area contributed by atoms with Gasteiger partial charge in [-0.25, -0.2) is 0 Å². The fourth-order valence-electron chi connectivity index (χ4n) is 3.71. The third-order valence-corrected chi connectivity index (χ3v) is 5.75. The lowest BCUT2D eigenvalue weighted by atomic mass is 10.0. The average Bonchev–Trinajstić information content (AvgIpc) is 2.74. The van der Waals surface area contributed by atoms with E-state index < -0.39 is 6.10 Å². The van der Waals surface area contributed by atoms with E-state index in [1.807, 2.05) is 48.5 Å². The first-order chi connectivity index (χ1) is 14.0. The number of Topliss-reactive ketones (excluding diaryl/α,β-unsaturated/α-hetero) is 1. The van der Waals surface area contributed by atoms with Gasteiger partial charge in [-0.15, -0.1) is 0 Å². The fourth-order valence-corrected chi connectivity index (χ4v) is 3.71. The van der Waals surface area contributed by atoms with Gasteiger partial charge in [0.25, 0.3) is 0 Å². The van der Waals surface area contributed by atoms with Crippen LogP contribution in [-0.4, -0.2) is 67.8 Å². The molecule has 164 valence electrons. The smallest absolute Gasteiger partial charge is 0.168 e. The summed E-state index contributed by atoms with van der Waals surface area (Å²) in [5.41, 5.74) is 3.22. The Morgan fingerprint density at radius 3 is 2.47 bits per heavy atom. The van der Waals surface area contributed by atoms with Crippen LogP contribution in [0, 0.1) is 13.8 Å². The van der Waals surface area contributed by atoms with Gasteiger partial charge in [-0.05, 0) is 43.2 Å². The van der Waals surface area contributed by atoms with Crippen molar-refractivity contribution < 1.29 is 31.9 Å². The maximum atomic E-state index is 12.5. The molecule has 0 bridgehead atoms. The van der Waals surface area contributed by atoms with Crippen LogP contribution in [0.15, 0.2) is 48.5 Å². The molecule has 2 N–H and O–H groups in total. The summed E-state index contributed by atoms with van der Waals surface area (Å²) >= 11 is 0. The first-order valence-corrected chi connectivity index (χ1v) is 10.5. The number of β-amino-alcohol motifs (C(OH)–C–C–N with tert-alkyl or cyclic N) is 1. The van der Waals surface area contributed by atoms with Crippen molar-refractivity contribution in [1.82, 2.24) is 4.90 Å². The van der Waals surface area contributed by atoms with Crippen LogP contribution in [0.1, 0.15) is 27.9 Å². The van der Waals surface area contributed by atoms with E-state index in [2.05, 4.69) is 18.7 Å². The Kier molecular flexibility index (Phi) is 9.79. The van der Waals surface area contributed by atoms with Crippen molar-refractivity contribution in [3.05, 3.63) is 65.2 Å². The number of aliphatic hydroxyl groups is 1. The molecular formula is C24H33ClN2O3. The Balaban J connectivity index is 0.00000320. The van der Waals surface area contributed by atoms with Crippen LogP contribution in [0.25, 0.3) is 0 Å². The quantitative estimate of drug-likeness (QED) is 0.475. The monoisotopic (exact) mass is 432 g/mol. The lowest BCUT2D eigenvalue weighted by Crippen LogP contribution is -3.14. The Bertz CT molecular complexity index is 792. The summed E-state index contributed by atoms with van der Waals surface area (Å²) in [5, 5.41) is 10.3. The zero-order chi connectivity index (χ0) is 20.6. The van der Waals surface area contributed by atoms with E-state index in [1.165, 1.54) is 16.0 Å². The van der Waals surface area contributed by atoms with Gasteiger partial charge >= 0.3 is 0 Å². The van der Waals surface area contributed by atoms with Crippen molar-refractivity contribution in [2.75, 3.05) is 45.9 Å². The minimum atomic E-state index is -0.497. The number of rotatable bonds is 9. The molecule has 1 unspecified atom stereocenters. The van der Waals surface area contributed by atoms with Crippen molar-refractivity contribution in [3.63, 3.8) is 0 Å². The van der Waals surface area contributed by atoms with E-state index in [-0.39, 0.29) is 18.2 Å². The molecule has 0 aliphatic carbocycles. The minimum Gasteiger partial charge on any atom is -1.00 e. The number of benzene rings is 2. The zero-order valence-electron chi connectivity index (χ0n) is 17.9. The number of carbonyl (C=O) groups is 1. The second kappa shape index (κ2) is 12.1. The molecule has 0 spiro atoms. The number of para-hydroxylation sites is 1. The first kappa shape index (κ1) is 24.4. The van der Waals surface area contributed by atoms with Gasteiger partial charge in [-0.2, -0.15) is 0 Å². The molecule has 1 aliphatic rings. The molecule has 6 heteroatoms. The summed E-state index contributed by atoms with van der Waals surface area (Å²) in [5.74, 6) is 1.02. The maximum Gasteiger partial charge on any atom is 0.168 e. The Morgan fingerprint density at radius 2 is 1.80 bits per heavy atom. The van der Waals surface area contributed by atoms with Gasteiger partial charge in [0, 0.05) is 25.2 Å². The van der Waals surface area contributed by atoms with E-state index >= 15 is 0 Å². The number of carbonyl (C=O) groups excluding carboxylic acids is 1. The van der Waals surface area contributed by atoms with Gasteiger partial charge in [-0.3, -0.25) is 9.69 Å². The molecule has 1 atom stereocenters. The number of nitrogens with one attached hydrogen (secondary N) is 1. The van der Waals surface area contributed by atoms with Crippen molar-refractivity contribution in [2.24, 2.45) is 0 Å². The number of hydrogen-bond acceptors (Lipinski definition) is 4. The third kappa shape index (κ3) is 7.40. The van der Waals surface area contributed by atoms with Crippen LogP contribution in [0.3, 0.4) is 0 Å². The molecule has 0 amide bonds. The third-order valence-electron chi connectivity index (χ3n) is 5.75. The highest BCUT2D eigenvalue weighted by Crippen LogP contribution is 2.11. The number of ether oxygens (including phenoxy) is 1. The molecule has 1 heterocycles. The number of piperazine rings is 1. The fraction of sp³-hybridized carbons (Fsp3) is 0.458.